The van der Waals surface area contributed by atoms with Crippen LogP contribution in [-0.2, 0) is 4.79 Å². The monoisotopic (exact) mass is 248 g/mol. The predicted molar refractivity (Wildman–Crippen MR) is 72.0 cm³/mol. The number of carboxylic acid groups (broad SMARTS) is 1. The van der Waals surface area contributed by atoms with Crippen LogP contribution in [0.25, 0.3) is 0 Å². The molecule has 4 nitrogen and oxygen atoms in total. The molecule has 0 aromatic heterocycles. The van der Waals surface area contributed by atoms with Gasteiger partial charge in [-0.1, -0.05) is 12.1 Å². The minimum atomic E-state index is -0.704. The van der Waals surface area contributed by atoms with E-state index < -0.39 is 5.97 Å². The summed E-state index contributed by atoms with van der Waals surface area (Å²) in [4.78, 5) is 13.0. The Hall–Kier alpha value is -1.55. The normalized spacial score (nSPS) is 23.1. The Morgan fingerprint density at radius 2 is 2.17 bits per heavy atom. The van der Waals surface area contributed by atoms with Crippen molar-refractivity contribution in [2.24, 2.45) is 5.92 Å². The highest BCUT2D eigenvalue weighted by molar-refractivity contribution is 5.71. The maximum Gasteiger partial charge on any atom is 0.307 e. The van der Waals surface area contributed by atoms with Crippen LogP contribution in [0, 0.1) is 12.8 Å². The van der Waals surface area contributed by atoms with Crippen molar-refractivity contribution in [1.82, 2.24) is 5.32 Å². The van der Waals surface area contributed by atoms with Gasteiger partial charge < -0.3 is 15.3 Å². The summed E-state index contributed by atoms with van der Waals surface area (Å²) in [6.07, 6.45) is 0.672. The number of anilines is 1. The van der Waals surface area contributed by atoms with Gasteiger partial charge in [0, 0.05) is 32.4 Å². The zero-order valence-corrected chi connectivity index (χ0v) is 11.1. The zero-order valence-electron chi connectivity index (χ0n) is 11.1. The van der Waals surface area contributed by atoms with Crippen LogP contribution in [0.4, 0.5) is 5.69 Å². The molecule has 2 rings (SSSR count). The minimum absolute atomic E-state index is 0.158. The van der Waals surface area contributed by atoms with E-state index in [1.807, 2.05) is 14.1 Å². The standard InChI is InChI=1S/C14H20N2O2/c1-9-4-5-10(7-13(9)16(2)3)12-6-11(8-15-12)14(17)18/h4-5,7,11-12,15H,6,8H2,1-3H3,(H,17,18). The molecule has 2 atom stereocenters. The number of carbonyl (C=O) groups is 1. The van der Waals surface area contributed by atoms with E-state index >= 15 is 0 Å². The third-order valence-electron chi connectivity index (χ3n) is 3.60. The highest BCUT2D eigenvalue weighted by Crippen LogP contribution is 2.30. The first-order valence-corrected chi connectivity index (χ1v) is 6.23. The lowest BCUT2D eigenvalue weighted by molar-refractivity contribution is -0.141. The minimum Gasteiger partial charge on any atom is -0.481 e. The molecule has 1 aromatic carbocycles. The van der Waals surface area contributed by atoms with E-state index in [-0.39, 0.29) is 12.0 Å². The summed E-state index contributed by atoms with van der Waals surface area (Å²) in [5.74, 6) is -0.968. The van der Waals surface area contributed by atoms with Crippen molar-refractivity contribution < 1.29 is 9.90 Å². The predicted octanol–water partition coefficient (Wildman–Crippen LogP) is 1.80. The number of aliphatic carboxylic acids is 1. The van der Waals surface area contributed by atoms with Crippen LogP contribution in [0.3, 0.4) is 0 Å². The Morgan fingerprint density at radius 1 is 1.44 bits per heavy atom. The molecule has 98 valence electrons. The van der Waals surface area contributed by atoms with Gasteiger partial charge in [0.15, 0.2) is 0 Å². The molecule has 0 spiro atoms. The van der Waals surface area contributed by atoms with Crippen molar-refractivity contribution in [3.05, 3.63) is 29.3 Å². The summed E-state index contributed by atoms with van der Waals surface area (Å²) in [5, 5.41) is 12.3. The van der Waals surface area contributed by atoms with Crippen molar-refractivity contribution in [2.75, 3.05) is 25.5 Å². The van der Waals surface area contributed by atoms with E-state index in [1.165, 1.54) is 16.8 Å². The topological polar surface area (TPSA) is 52.6 Å². The van der Waals surface area contributed by atoms with Crippen molar-refractivity contribution >= 4 is 11.7 Å². The Kier molecular flexibility index (Phi) is 3.57. The van der Waals surface area contributed by atoms with Gasteiger partial charge in [-0.15, -0.1) is 0 Å². The first-order valence-electron chi connectivity index (χ1n) is 6.23. The van der Waals surface area contributed by atoms with Gasteiger partial charge in [0.2, 0.25) is 0 Å². The van der Waals surface area contributed by atoms with E-state index in [4.69, 9.17) is 5.11 Å². The van der Waals surface area contributed by atoms with Crippen LogP contribution in [0.15, 0.2) is 18.2 Å². The van der Waals surface area contributed by atoms with E-state index in [0.717, 1.165) is 0 Å². The van der Waals surface area contributed by atoms with Crippen LogP contribution < -0.4 is 10.2 Å². The molecule has 1 heterocycles. The second kappa shape index (κ2) is 4.98. The number of hydrogen-bond acceptors (Lipinski definition) is 3. The lowest BCUT2D eigenvalue weighted by Crippen LogP contribution is -2.17. The second-order valence-corrected chi connectivity index (χ2v) is 5.17. The smallest absolute Gasteiger partial charge is 0.307 e. The van der Waals surface area contributed by atoms with Gasteiger partial charge in [0.1, 0.15) is 0 Å². The van der Waals surface area contributed by atoms with Crippen LogP contribution in [0.2, 0.25) is 0 Å². The van der Waals surface area contributed by atoms with Gasteiger partial charge in [0.25, 0.3) is 0 Å². The van der Waals surface area contributed by atoms with E-state index in [1.54, 1.807) is 0 Å². The quantitative estimate of drug-likeness (QED) is 0.856. The number of rotatable bonds is 3. The van der Waals surface area contributed by atoms with E-state index in [9.17, 15) is 4.79 Å². The summed E-state index contributed by atoms with van der Waals surface area (Å²) in [6, 6.07) is 6.49. The van der Waals surface area contributed by atoms with Crippen LogP contribution >= 0.6 is 0 Å². The fourth-order valence-corrected chi connectivity index (χ4v) is 2.50. The number of aryl methyl sites for hydroxylation is 1. The van der Waals surface area contributed by atoms with Crippen molar-refractivity contribution in [3.63, 3.8) is 0 Å². The van der Waals surface area contributed by atoms with Gasteiger partial charge in [-0.2, -0.15) is 0 Å². The third kappa shape index (κ3) is 2.48. The first-order chi connectivity index (χ1) is 8.49. The van der Waals surface area contributed by atoms with E-state index in [0.29, 0.717) is 13.0 Å². The Bertz CT molecular complexity index is 457. The summed E-state index contributed by atoms with van der Waals surface area (Å²) < 4.78 is 0. The molecule has 18 heavy (non-hydrogen) atoms. The van der Waals surface area contributed by atoms with Crippen LogP contribution in [0.5, 0.6) is 0 Å². The molecule has 0 radical (unpaired) electrons. The molecule has 1 fully saturated rings. The third-order valence-corrected chi connectivity index (χ3v) is 3.60. The molecule has 0 amide bonds. The number of nitrogens with zero attached hydrogens (tertiary/aromatic N) is 1. The molecule has 4 heteroatoms. The van der Waals surface area contributed by atoms with Gasteiger partial charge in [0.05, 0.1) is 5.92 Å². The largest absolute Gasteiger partial charge is 0.481 e. The molecule has 0 saturated carbocycles. The molecular weight excluding hydrogens is 228 g/mol. The van der Waals surface area contributed by atoms with Crippen molar-refractivity contribution in [2.45, 2.75) is 19.4 Å². The zero-order chi connectivity index (χ0) is 13.3. The first kappa shape index (κ1) is 12.9. The maximum atomic E-state index is 11.0. The Morgan fingerprint density at radius 3 is 2.72 bits per heavy atom. The van der Waals surface area contributed by atoms with Gasteiger partial charge in [-0.3, -0.25) is 4.79 Å². The molecule has 2 unspecified atom stereocenters. The highest BCUT2D eigenvalue weighted by atomic mass is 16.4. The number of nitrogens with one attached hydrogen (secondary N) is 1. The Labute approximate surface area is 108 Å². The van der Waals surface area contributed by atoms with Crippen molar-refractivity contribution in [3.8, 4) is 0 Å². The van der Waals surface area contributed by atoms with Gasteiger partial charge in [-0.25, -0.2) is 0 Å². The second-order valence-electron chi connectivity index (χ2n) is 5.17. The molecule has 1 aliphatic rings. The summed E-state index contributed by atoms with van der Waals surface area (Å²) in [6.45, 7) is 2.65. The summed E-state index contributed by atoms with van der Waals surface area (Å²) in [7, 11) is 4.04. The van der Waals surface area contributed by atoms with Gasteiger partial charge in [-0.05, 0) is 30.5 Å². The average molecular weight is 248 g/mol. The molecule has 0 bridgehead atoms. The summed E-state index contributed by atoms with van der Waals surface area (Å²) in [5.41, 5.74) is 3.60. The molecule has 1 aliphatic heterocycles. The lowest BCUT2D eigenvalue weighted by Gasteiger charge is -2.19. The van der Waals surface area contributed by atoms with Crippen molar-refractivity contribution in [1.29, 1.82) is 0 Å². The molecule has 0 aliphatic carbocycles. The molecular formula is C14H20N2O2. The lowest BCUT2D eigenvalue weighted by atomic mass is 9.98. The SMILES string of the molecule is Cc1ccc(C2CC(C(=O)O)CN2)cc1N(C)C. The fourth-order valence-electron chi connectivity index (χ4n) is 2.50. The maximum absolute atomic E-state index is 11.0. The van der Waals surface area contributed by atoms with Crippen LogP contribution in [-0.4, -0.2) is 31.7 Å². The molecule has 2 N–H and O–H groups in total. The highest BCUT2D eigenvalue weighted by Gasteiger charge is 2.30. The van der Waals surface area contributed by atoms with Gasteiger partial charge >= 0.3 is 5.97 Å². The summed E-state index contributed by atoms with van der Waals surface area (Å²) >= 11 is 0. The fraction of sp³-hybridized carbons (Fsp3) is 0.500. The van der Waals surface area contributed by atoms with Crippen LogP contribution in [0.1, 0.15) is 23.6 Å². The molecule has 1 aromatic rings. The van der Waals surface area contributed by atoms with E-state index in [2.05, 4.69) is 35.3 Å². The Balaban J connectivity index is 2.20. The number of hydrogen-bond donors (Lipinski definition) is 2. The molecule has 1 saturated heterocycles. The number of carboxylic acids is 1. The number of benzene rings is 1. The average Bonchev–Trinajstić information content (AvgIpc) is 2.78.